The number of aryl methyl sites for hydroxylation is 1. The van der Waals surface area contributed by atoms with Gasteiger partial charge in [-0.15, -0.1) is 0 Å². The van der Waals surface area contributed by atoms with E-state index in [2.05, 4.69) is 55.5 Å². The normalized spacial score (nSPS) is 18.2. The van der Waals surface area contributed by atoms with Crippen LogP contribution in [0, 0.1) is 5.92 Å². The number of ether oxygens (including phenoxy) is 2. The fraction of sp³-hybridized carbons (Fsp3) is 0.618. The predicted molar refractivity (Wildman–Crippen MR) is 155 cm³/mol. The second-order valence-corrected chi connectivity index (χ2v) is 11.1. The average Bonchev–Trinajstić information content (AvgIpc) is 2.95. The van der Waals surface area contributed by atoms with Crippen LogP contribution in [0.15, 0.2) is 48.5 Å². The fourth-order valence-corrected chi connectivity index (χ4v) is 5.33. The van der Waals surface area contributed by atoms with E-state index in [0.29, 0.717) is 5.92 Å². The van der Waals surface area contributed by atoms with Crippen LogP contribution in [0.1, 0.15) is 109 Å². The SMILES string of the molecule is CCCCCCCCOc1ccc(-c2ccc(CCC3CCC(OC(=O)[C@@H](F)CCCC)CC3)cc2)cc1. The molecule has 0 N–H and O–H groups in total. The smallest absolute Gasteiger partial charge is 0.340 e. The van der Waals surface area contributed by atoms with Gasteiger partial charge in [-0.25, -0.2) is 9.18 Å². The minimum Gasteiger partial charge on any atom is -0.494 e. The Kier molecular flexibility index (Phi) is 13.7. The highest BCUT2D eigenvalue weighted by Crippen LogP contribution is 2.31. The van der Waals surface area contributed by atoms with Crippen LogP contribution in [0.2, 0.25) is 0 Å². The largest absolute Gasteiger partial charge is 0.494 e. The van der Waals surface area contributed by atoms with Gasteiger partial charge in [-0.05, 0) is 86.1 Å². The molecule has 1 atom stereocenters. The van der Waals surface area contributed by atoms with E-state index in [1.54, 1.807) is 0 Å². The average molecular weight is 525 g/mol. The van der Waals surface area contributed by atoms with Crippen molar-refractivity contribution in [1.29, 1.82) is 0 Å². The van der Waals surface area contributed by atoms with E-state index in [4.69, 9.17) is 9.47 Å². The molecule has 0 bridgehead atoms. The van der Waals surface area contributed by atoms with Gasteiger partial charge in [-0.3, -0.25) is 0 Å². The molecule has 38 heavy (non-hydrogen) atoms. The van der Waals surface area contributed by atoms with E-state index in [1.165, 1.54) is 48.8 Å². The van der Waals surface area contributed by atoms with Crippen molar-refractivity contribution in [3.05, 3.63) is 54.1 Å². The lowest BCUT2D eigenvalue weighted by Crippen LogP contribution is -2.29. The zero-order valence-corrected chi connectivity index (χ0v) is 23.8. The number of alkyl halides is 1. The molecule has 0 aliphatic heterocycles. The first-order chi connectivity index (χ1) is 18.6. The maximum Gasteiger partial charge on any atom is 0.340 e. The Balaban J connectivity index is 1.33. The van der Waals surface area contributed by atoms with E-state index in [0.717, 1.165) is 70.1 Å². The van der Waals surface area contributed by atoms with Crippen molar-refractivity contribution in [2.24, 2.45) is 5.92 Å². The standard InChI is InChI=1S/C34H49FO3/c1-3-5-7-8-9-10-26-37-31-24-20-30(21-25-31)29-18-14-27(15-19-29)12-13-28-16-22-32(23-17-28)38-34(36)33(35)11-6-4-2/h14-15,18-21,24-25,28,32-33H,3-13,16-17,22-23,26H2,1-2H3/t28?,32?,33-/m0/s1. The summed E-state index contributed by atoms with van der Waals surface area (Å²) in [5.74, 6) is 0.941. The van der Waals surface area contributed by atoms with Crippen LogP contribution in [0.4, 0.5) is 4.39 Å². The Bertz CT molecular complexity index is 900. The highest BCUT2D eigenvalue weighted by molar-refractivity contribution is 5.74. The van der Waals surface area contributed by atoms with Gasteiger partial charge in [0.15, 0.2) is 6.17 Å². The van der Waals surface area contributed by atoms with Gasteiger partial charge in [0.05, 0.1) is 6.61 Å². The number of halogens is 1. The molecule has 0 aromatic heterocycles. The summed E-state index contributed by atoms with van der Waals surface area (Å²) in [6.45, 7) is 5.04. The molecule has 1 aliphatic rings. The Hall–Kier alpha value is -2.36. The van der Waals surface area contributed by atoms with Gasteiger partial charge in [0, 0.05) is 0 Å². The van der Waals surface area contributed by atoms with Gasteiger partial charge >= 0.3 is 5.97 Å². The van der Waals surface area contributed by atoms with Crippen LogP contribution in [0.25, 0.3) is 11.1 Å². The molecule has 1 fully saturated rings. The number of rotatable bonds is 17. The first-order valence-corrected chi connectivity index (χ1v) is 15.3. The molecular weight excluding hydrogens is 475 g/mol. The summed E-state index contributed by atoms with van der Waals surface area (Å²) in [4.78, 5) is 11.9. The molecule has 0 unspecified atom stereocenters. The zero-order chi connectivity index (χ0) is 27.0. The van der Waals surface area contributed by atoms with Crippen LogP contribution >= 0.6 is 0 Å². The molecule has 2 aromatic rings. The maximum atomic E-state index is 13.9. The quantitative estimate of drug-likeness (QED) is 0.153. The minimum atomic E-state index is -1.46. The molecule has 4 heteroatoms. The predicted octanol–water partition coefficient (Wildman–Crippen LogP) is 9.66. The van der Waals surface area contributed by atoms with Crippen LogP contribution in [-0.2, 0) is 16.0 Å². The molecule has 1 aliphatic carbocycles. The van der Waals surface area contributed by atoms with Crippen molar-refractivity contribution in [3.63, 3.8) is 0 Å². The topological polar surface area (TPSA) is 35.5 Å². The molecule has 3 nitrogen and oxygen atoms in total. The molecule has 1 saturated carbocycles. The van der Waals surface area contributed by atoms with Crippen LogP contribution in [-0.4, -0.2) is 24.9 Å². The highest BCUT2D eigenvalue weighted by atomic mass is 19.1. The van der Waals surface area contributed by atoms with E-state index in [-0.39, 0.29) is 12.5 Å². The molecule has 3 rings (SSSR count). The lowest BCUT2D eigenvalue weighted by molar-refractivity contribution is -0.157. The number of carbonyl (C=O) groups is 1. The number of hydrogen-bond acceptors (Lipinski definition) is 3. The Morgan fingerprint density at radius 3 is 2.08 bits per heavy atom. The van der Waals surface area contributed by atoms with Crippen molar-refractivity contribution in [3.8, 4) is 16.9 Å². The summed E-state index contributed by atoms with van der Waals surface area (Å²) in [5.41, 5.74) is 3.79. The third-order valence-electron chi connectivity index (χ3n) is 7.89. The van der Waals surface area contributed by atoms with E-state index in [9.17, 15) is 9.18 Å². The molecule has 0 saturated heterocycles. The molecule has 0 amide bonds. The van der Waals surface area contributed by atoms with Crippen molar-refractivity contribution in [1.82, 2.24) is 0 Å². The minimum absolute atomic E-state index is 0.106. The Morgan fingerprint density at radius 2 is 1.42 bits per heavy atom. The molecule has 0 spiro atoms. The number of unbranched alkanes of at least 4 members (excludes halogenated alkanes) is 6. The fourth-order valence-electron chi connectivity index (χ4n) is 5.33. The third-order valence-corrected chi connectivity index (χ3v) is 7.89. The molecule has 0 heterocycles. The molecule has 210 valence electrons. The first kappa shape index (κ1) is 30.2. The van der Waals surface area contributed by atoms with Gasteiger partial charge in [-0.2, -0.15) is 0 Å². The summed E-state index contributed by atoms with van der Waals surface area (Å²) in [7, 11) is 0. The third kappa shape index (κ3) is 10.8. The number of hydrogen-bond donors (Lipinski definition) is 0. The number of esters is 1. The van der Waals surface area contributed by atoms with Crippen molar-refractivity contribution in [2.45, 2.75) is 122 Å². The van der Waals surface area contributed by atoms with Crippen LogP contribution in [0.5, 0.6) is 5.75 Å². The van der Waals surface area contributed by atoms with Crippen molar-refractivity contribution < 1.29 is 18.7 Å². The Labute approximate surface area is 230 Å². The van der Waals surface area contributed by atoms with Crippen LogP contribution in [0.3, 0.4) is 0 Å². The van der Waals surface area contributed by atoms with Crippen molar-refractivity contribution >= 4 is 5.97 Å². The molecule has 2 aromatic carbocycles. The van der Waals surface area contributed by atoms with Crippen LogP contribution < -0.4 is 4.74 Å². The van der Waals surface area contributed by atoms with Gasteiger partial charge in [0.25, 0.3) is 0 Å². The Morgan fingerprint density at radius 1 is 0.816 bits per heavy atom. The lowest BCUT2D eigenvalue weighted by atomic mass is 9.83. The highest BCUT2D eigenvalue weighted by Gasteiger charge is 2.27. The summed E-state index contributed by atoms with van der Waals surface area (Å²) in [6, 6.07) is 17.3. The van der Waals surface area contributed by atoms with Gasteiger partial charge < -0.3 is 9.47 Å². The summed E-state index contributed by atoms with van der Waals surface area (Å²) < 4.78 is 25.3. The second kappa shape index (κ2) is 17.3. The summed E-state index contributed by atoms with van der Waals surface area (Å²) in [5, 5.41) is 0. The summed E-state index contributed by atoms with van der Waals surface area (Å²) in [6.07, 6.45) is 14.0. The maximum absolute atomic E-state index is 13.9. The zero-order valence-electron chi connectivity index (χ0n) is 23.8. The monoisotopic (exact) mass is 524 g/mol. The second-order valence-electron chi connectivity index (χ2n) is 11.1. The van der Waals surface area contributed by atoms with E-state index < -0.39 is 12.1 Å². The number of benzene rings is 2. The summed E-state index contributed by atoms with van der Waals surface area (Å²) >= 11 is 0. The lowest BCUT2D eigenvalue weighted by Gasteiger charge is -2.28. The first-order valence-electron chi connectivity index (χ1n) is 15.3. The van der Waals surface area contributed by atoms with E-state index >= 15 is 0 Å². The van der Waals surface area contributed by atoms with Gasteiger partial charge in [-0.1, -0.05) is 95.2 Å². The van der Waals surface area contributed by atoms with Gasteiger partial charge in [0.2, 0.25) is 0 Å². The number of carbonyl (C=O) groups excluding carboxylic acids is 1. The molecular formula is C34H49FO3. The van der Waals surface area contributed by atoms with Gasteiger partial charge in [0.1, 0.15) is 11.9 Å². The molecule has 0 radical (unpaired) electrons. The van der Waals surface area contributed by atoms with E-state index in [1.807, 2.05) is 6.92 Å². The van der Waals surface area contributed by atoms with Crippen molar-refractivity contribution in [2.75, 3.05) is 6.61 Å².